The largest absolute Gasteiger partial charge is 0.484 e. The number of hydrogen-bond acceptors (Lipinski definition) is 3. The summed E-state index contributed by atoms with van der Waals surface area (Å²) in [5.74, 6) is -0.187. The van der Waals surface area contributed by atoms with E-state index in [9.17, 15) is 18.0 Å². The minimum Gasteiger partial charge on any atom is -0.484 e. The van der Waals surface area contributed by atoms with E-state index in [1.165, 1.54) is 17.7 Å². The Balaban J connectivity index is 1.52. The van der Waals surface area contributed by atoms with Gasteiger partial charge in [-0.15, -0.1) is 0 Å². The lowest BCUT2D eigenvalue weighted by molar-refractivity contribution is -0.137. The highest BCUT2D eigenvalue weighted by Crippen LogP contribution is 2.31. The predicted molar refractivity (Wildman–Crippen MR) is 96.9 cm³/mol. The highest BCUT2D eigenvalue weighted by Gasteiger charge is 2.30. The van der Waals surface area contributed by atoms with E-state index in [4.69, 9.17) is 4.74 Å². The van der Waals surface area contributed by atoms with Crippen LogP contribution >= 0.6 is 0 Å². The summed E-state index contributed by atoms with van der Waals surface area (Å²) in [6, 6.07) is 12.6. The number of ether oxygens (including phenoxy) is 1. The van der Waals surface area contributed by atoms with Gasteiger partial charge in [0.15, 0.2) is 6.61 Å². The van der Waals surface area contributed by atoms with E-state index in [0.29, 0.717) is 26.2 Å². The Morgan fingerprint density at radius 1 is 1.04 bits per heavy atom. The van der Waals surface area contributed by atoms with Crippen molar-refractivity contribution in [3.63, 3.8) is 0 Å². The van der Waals surface area contributed by atoms with Crippen LogP contribution in [0, 0.1) is 6.92 Å². The zero-order chi connectivity index (χ0) is 19.4. The number of para-hydroxylation sites is 1. The minimum atomic E-state index is -4.44. The molecule has 0 spiro atoms. The number of halogens is 3. The molecular formula is C20H21F3N2O2. The number of carbonyl (C=O) groups is 1. The number of hydrogen-bond donors (Lipinski definition) is 0. The van der Waals surface area contributed by atoms with Gasteiger partial charge in [0.1, 0.15) is 5.75 Å². The highest BCUT2D eigenvalue weighted by molar-refractivity contribution is 5.78. The lowest BCUT2D eigenvalue weighted by Gasteiger charge is -2.36. The van der Waals surface area contributed by atoms with Gasteiger partial charge in [0.05, 0.1) is 5.56 Å². The van der Waals surface area contributed by atoms with Crippen LogP contribution in [-0.4, -0.2) is 43.6 Å². The molecule has 1 amide bonds. The summed E-state index contributed by atoms with van der Waals surface area (Å²) in [4.78, 5) is 16.2. The Morgan fingerprint density at radius 2 is 1.74 bits per heavy atom. The molecule has 0 aromatic heterocycles. The van der Waals surface area contributed by atoms with Crippen LogP contribution in [0.25, 0.3) is 0 Å². The number of benzene rings is 2. The van der Waals surface area contributed by atoms with Crippen molar-refractivity contribution in [2.45, 2.75) is 13.1 Å². The van der Waals surface area contributed by atoms with Crippen LogP contribution in [0.4, 0.5) is 18.9 Å². The first kappa shape index (κ1) is 19.1. The normalized spacial score (nSPS) is 15.0. The third kappa shape index (κ3) is 4.72. The summed E-state index contributed by atoms with van der Waals surface area (Å²) in [6.45, 7) is 4.31. The Labute approximate surface area is 156 Å². The molecule has 2 aromatic rings. The summed E-state index contributed by atoms with van der Waals surface area (Å²) in [6.07, 6.45) is -4.44. The quantitative estimate of drug-likeness (QED) is 0.813. The number of amides is 1. The van der Waals surface area contributed by atoms with Crippen molar-refractivity contribution in [2.75, 3.05) is 37.7 Å². The van der Waals surface area contributed by atoms with E-state index < -0.39 is 11.7 Å². The summed E-state index contributed by atoms with van der Waals surface area (Å²) >= 11 is 0. The van der Waals surface area contributed by atoms with Crippen LogP contribution < -0.4 is 9.64 Å². The number of nitrogens with zero attached hydrogens (tertiary/aromatic N) is 2. The van der Waals surface area contributed by atoms with Crippen molar-refractivity contribution in [3.8, 4) is 5.75 Å². The van der Waals surface area contributed by atoms with Crippen LogP contribution in [0.2, 0.25) is 0 Å². The molecule has 0 atom stereocenters. The van der Waals surface area contributed by atoms with Gasteiger partial charge >= 0.3 is 6.18 Å². The van der Waals surface area contributed by atoms with Crippen LogP contribution in [0.3, 0.4) is 0 Å². The average molecular weight is 378 g/mol. The lowest BCUT2D eigenvalue weighted by atomic mass is 10.1. The van der Waals surface area contributed by atoms with E-state index >= 15 is 0 Å². The number of carbonyl (C=O) groups excluding carboxylic acids is 1. The molecule has 4 nitrogen and oxygen atoms in total. The smallest absolute Gasteiger partial charge is 0.416 e. The Morgan fingerprint density at radius 3 is 2.41 bits per heavy atom. The van der Waals surface area contributed by atoms with Crippen molar-refractivity contribution in [3.05, 3.63) is 59.7 Å². The van der Waals surface area contributed by atoms with Crippen LogP contribution in [-0.2, 0) is 11.0 Å². The summed E-state index contributed by atoms with van der Waals surface area (Å²) in [5.41, 5.74) is 1.55. The monoisotopic (exact) mass is 378 g/mol. The molecule has 1 saturated heterocycles. The van der Waals surface area contributed by atoms with Crippen molar-refractivity contribution < 1.29 is 22.7 Å². The van der Waals surface area contributed by atoms with E-state index in [-0.39, 0.29) is 18.3 Å². The molecule has 0 bridgehead atoms. The molecule has 0 aliphatic carbocycles. The van der Waals surface area contributed by atoms with Gasteiger partial charge < -0.3 is 14.5 Å². The van der Waals surface area contributed by atoms with Gasteiger partial charge in [-0.05, 0) is 36.8 Å². The molecule has 7 heteroatoms. The molecule has 1 aliphatic heterocycles. The van der Waals surface area contributed by atoms with E-state index in [0.717, 1.165) is 17.8 Å². The fourth-order valence-corrected chi connectivity index (χ4v) is 3.11. The molecular weight excluding hydrogens is 357 g/mol. The van der Waals surface area contributed by atoms with E-state index in [1.54, 1.807) is 4.90 Å². The maximum atomic E-state index is 12.7. The fourth-order valence-electron chi connectivity index (χ4n) is 3.11. The van der Waals surface area contributed by atoms with Gasteiger partial charge in [-0.1, -0.05) is 24.3 Å². The third-order valence-electron chi connectivity index (χ3n) is 4.61. The Hall–Kier alpha value is -2.70. The fraction of sp³-hybridized carbons (Fsp3) is 0.350. The molecule has 27 heavy (non-hydrogen) atoms. The first-order chi connectivity index (χ1) is 12.8. The van der Waals surface area contributed by atoms with E-state index in [2.05, 4.69) is 24.0 Å². The molecule has 0 N–H and O–H groups in total. The molecule has 1 aliphatic rings. The van der Waals surface area contributed by atoms with Gasteiger partial charge in [0.2, 0.25) is 0 Å². The van der Waals surface area contributed by atoms with Gasteiger partial charge in [-0.2, -0.15) is 13.2 Å². The van der Waals surface area contributed by atoms with Crippen molar-refractivity contribution in [2.24, 2.45) is 0 Å². The lowest BCUT2D eigenvalue weighted by Crippen LogP contribution is -2.50. The van der Waals surface area contributed by atoms with E-state index in [1.807, 2.05) is 12.1 Å². The van der Waals surface area contributed by atoms with Gasteiger partial charge in [-0.3, -0.25) is 4.79 Å². The molecule has 0 radical (unpaired) electrons. The third-order valence-corrected chi connectivity index (χ3v) is 4.61. The molecule has 3 rings (SSSR count). The molecule has 1 fully saturated rings. The number of anilines is 1. The first-order valence-corrected chi connectivity index (χ1v) is 8.73. The maximum Gasteiger partial charge on any atom is 0.416 e. The van der Waals surface area contributed by atoms with Gasteiger partial charge in [-0.25, -0.2) is 0 Å². The van der Waals surface area contributed by atoms with Gasteiger partial charge in [0.25, 0.3) is 5.91 Å². The maximum absolute atomic E-state index is 12.7. The minimum absolute atomic E-state index is 0.0386. The van der Waals surface area contributed by atoms with Gasteiger partial charge in [0, 0.05) is 31.9 Å². The second-order valence-electron chi connectivity index (χ2n) is 6.47. The zero-order valence-electron chi connectivity index (χ0n) is 15.0. The average Bonchev–Trinajstić information content (AvgIpc) is 2.66. The summed E-state index contributed by atoms with van der Waals surface area (Å²) in [7, 11) is 0. The van der Waals surface area contributed by atoms with Crippen molar-refractivity contribution in [1.29, 1.82) is 0 Å². The topological polar surface area (TPSA) is 32.8 Å². The molecule has 1 heterocycles. The summed E-state index contributed by atoms with van der Waals surface area (Å²) < 4.78 is 43.5. The number of piperazine rings is 1. The second-order valence-corrected chi connectivity index (χ2v) is 6.47. The second kappa shape index (κ2) is 7.90. The van der Waals surface area contributed by atoms with Crippen molar-refractivity contribution >= 4 is 11.6 Å². The number of aryl methyl sites for hydroxylation is 1. The first-order valence-electron chi connectivity index (χ1n) is 8.73. The highest BCUT2D eigenvalue weighted by atomic mass is 19.4. The Kier molecular flexibility index (Phi) is 5.58. The summed E-state index contributed by atoms with van der Waals surface area (Å²) in [5, 5.41) is 0. The standard InChI is InChI=1S/C20H21F3N2O2/c1-15-5-2-3-8-18(15)24-9-11-25(12-10-24)19(26)14-27-17-7-4-6-16(13-17)20(21,22)23/h2-8,13H,9-12,14H2,1H3. The molecule has 0 saturated carbocycles. The predicted octanol–water partition coefficient (Wildman–Crippen LogP) is 3.74. The molecule has 144 valence electrons. The van der Waals surface area contributed by atoms with Crippen LogP contribution in [0.5, 0.6) is 5.75 Å². The van der Waals surface area contributed by atoms with Crippen molar-refractivity contribution in [1.82, 2.24) is 4.90 Å². The molecule has 2 aromatic carbocycles. The van der Waals surface area contributed by atoms with Crippen LogP contribution in [0.15, 0.2) is 48.5 Å². The Bertz CT molecular complexity index is 800. The molecule has 0 unspecified atom stereocenters. The number of rotatable bonds is 4. The van der Waals surface area contributed by atoms with Crippen LogP contribution in [0.1, 0.15) is 11.1 Å². The zero-order valence-corrected chi connectivity index (χ0v) is 15.0. The SMILES string of the molecule is Cc1ccccc1N1CCN(C(=O)COc2cccc(C(F)(F)F)c2)CC1. The number of alkyl halides is 3.